The number of sulfonamides is 1. The normalized spacial score (nSPS) is 19.4. The molecular formula is C15H25N3O2S. The molecule has 2 aliphatic rings. The molecule has 0 radical (unpaired) electrons. The number of rotatable bonds is 8. The number of hydrogen-bond acceptors (Lipinski definition) is 3. The van der Waals surface area contributed by atoms with Crippen LogP contribution in [0.5, 0.6) is 0 Å². The van der Waals surface area contributed by atoms with E-state index in [0.29, 0.717) is 23.5 Å². The predicted octanol–water partition coefficient (Wildman–Crippen LogP) is 2.11. The van der Waals surface area contributed by atoms with E-state index in [4.69, 9.17) is 0 Å². The van der Waals surface area contributed by atoms with Gasteiger partial charge in [-0.2, -0.15) is 0 Å². The van der Waals surface area contributed by atoms with E-state index in [9.17, 15) is 8.42 Å². The van der Waals surface area contributed by atoms with Crippen molar-refractivity contribution in [3.8, 4) is 0 Å². The summed E-state index contributed by atoms with van der Waals surface area (Å²) in [4.78, 5) is 0.443. The molecule has 0 amide bonds. The van der Waals surface area contributed by atoms with Crippen molar-refractivity contribution in [2.24, 2.45) is 0 Å². The molecule has 1 heterocycles. The highest BCUT2D eigenvalue weighted by Gasteiger charge is 2.30. The Morgan fingerprint density at radius 3 is 2.62 bits per heavy atom. The van der Waals surface area contributed by atoms with Crippen LogP contribution in [0.2, 0.25) is 0 Å². The molecule has 6 heteroatoms. The van der Waals surface area contributed by atoms with Crippen molar-refractivity contribution in [2.75, 3.05) is 13.6 Å². The highest BCUT2D eigenvalue weighted by molar-refractivity contribution is 7.89. The zero-order valence-corrected chi connectivity index (χ0v) is 13.7. The number of aromatic nitrogens is 1. The molecule has 0 atom stereocenters. The van der Waals surface area contributed by atoms with Crippen LogP contribution in [0.15, 0.2) is 17.2 Å². The van der Waals surface area contributed by atoms with Crippen molar-refractivity contribution in [1.82, 2.24) is 14.2 Å². The van der Waals surface area contributed by atoms with E-state index in [0.717, 1.165) is 31.5 Å². The fourth-order valence-corrected chi connectivity index (χ4v) is 3.94. The second-order valence-electron chi connectivity index (χ2n) is 6.29. The van der Waals surface area contributed by atoms with Crippen LogP contribution in [0.1, 0.15) is 50.8 Å². The molecule has 0 bridgehead atoms. The molecule has 5 nitrogen and oxygen atoms in total. The van der Waals surface area contributed by atoms with E-state index in [1.54, 1.807) is 7.05 Å². The van der Waals surface area contributed by atoms with Crippen molar-refractivity contribution in [3.05, 3.63) is 18.0 Å². The van der Waals surface area contributed by atoms with E-state index in [2.05, 4.69) is 9.88 Å². The van der Waals surface area contributed by atoms with Gasteiger partial charge in [0.1, 0.15) is 4.90 Å². The van der Waals surface area contributed by atoms with E-state index in [1.807, 2.05) is 19.2 Å². The molecule has 0 unspecified atom stereocenters. The van der Waals surface area contributed by atoms with Gasteiger partial charge in [0.05, 0.1) is 0 Å². The molecule has 2 aliphatic carbocycles. The van der Waals surface area contributed by atoms with E-state index in [1.165, 1.54) is 17.1 Å². The van der Waals surface area contributed by atoms with Crippen molar-refractivity contribution >= 4 is 10.0 Å². The van der Waals surface area contributed by atoms with Gasteiger partial charge in [0.15, 0.2) is 0 Å². The minimum atomic E-state index is -3.35. The van der Waals surface area contributed by atoms with Gasteiger partial charge in [0, 0.05) is 44.1 Å². The lowest BCUT2D eigenvalue weighted by atomic mass is 10.4. The molecular weight excluding hydrogens is 286 g/mol. The maximum atomic E-state index is 12.6. The standard InChI is InChI=1S/C15H25N3O2S/c1-3-8-17(2)21(19,20)15-9-14(10-16-12-4-5-12)18(11-15)13-6-7-13/h9,11-13,16H,3-8,10H2,1-2H3. The van der Waals surface area contributed by atoms with Crippen molar-refractivity contribution in [3.63, 3.8) is 0 Å². The number of nitrogens with one attached hydrogen (secondary N) is 1. The molecule has 3 rings (SSSR count). The van der Waals surface area contributed by atoms with Gasteiger partial charge < -0.3 is 9.88 Å². The van der Waals surface area contributed by atoms with Crippen LogP contribution in [-0.2, 0) is 16.6 Å². The summed E-state index contributed by atoms with van der Waals surface area (Å²) in [6.45, 7) is 3.33. The Morgan fingerprint density at radius 1 is 1.33 bits per heavy atom. The van der Waals surface area contributed by atoms with Gasteiger partial charge in [0.2, 0.25) is 10.0 Å². The fraction of sp³-hybridized carbons (Fsp3) is 0.733. The minimum Gasteiger partial charge on any atom is -0.346 e. The molecule has 0 aliphatic heterocycles. The van der Waals surface area contributed by atoms with Crippen molar-refractivity contribution in [1.29, 1.82) is 0 Å². The predicted molar refractivity (Wildman–Crippen MR) is 82.7 cm³/mol. The van der Waals surface area contributed by atoms with Crippen LogP contribution in [-0.4, -0.2) is 36.9 Å². The van der Waals surface area contributed by atoms with Crippen LogP contribution < -0.4 is 5.32 Å². The van der Waals surface area contributed by atoms with Gasteiger partial charge in [-0.3, -0.25) is 0 Å². The first-order valence-electron chi connectivity index (χ1n) is 7.93. The summed E-state index contributed by atoms with van der Waals surface area (Å²) in [5.74, 6) is 0. The Morgan fingerprint density at radius 2 is 2.05 bits per heavy atom. The Kier molecular flexibility index (Phi) is 4.12. The maximum absolute atomic E-state index is 12.6. The average Bonchev–Trinajstić information content (AvgIpc) is 3.36. The highest BCUT2D eigenvalue weighted by atomic mass is 32.2. The van der Waals surface area contributed by atoms with Crippen molar-refractivity contribution in [2.45, 2.75) is 62.6 Å². The van der Waals surface area contributed by atoms with Gasteiger partial charge in [0.25, 0.3) is 0 Å². The molecule has 21 heavy (non-hydrogen) atoms. The largest absolute Gasteiger partial charge is 0.346 e. The lowest BCUT2D eigenvalue weighted by Gasteiger charge is -2.14. The first-order valence-corrected chi connectivity index (χ1v) is 9.37. The summed E-state index contributed by atoms with van der Waals surface area (Å²) < 4.78 is 28.8. The molecule has 0 saturated heterocycles. The zero-order chi connectivity index (χ0) is 15.0. The molecule has 2 saturated carbocycles. The first-order chi connectivity index (χ1) is 10.0. The molecule has 1 aromatic heterocycles. The fourth-order valence-electron chi connectivity index (χ4n) is 2.62. The topological polar surface area (TPSA) is 54.3 Å². The molecule has 0 aromatic carbocycles. The minimum absolute atomic E-state index is 0.443. The van der Waals surface area contributed by atoms with Gasteiger partial charge >= 0.3 is 0 Å². The average molecular weight is 311 g/mol. The highest BCUT2D eigenvalue weighted by Crippen LogP contribution is 2.37. The van der Waals surface area contributed by atoms with Crippen LogP contribution in [0.25, 0.3) is 0 Å². The Labute approximate surface area is 127 Å². The Bertz CT molecular complexity index is 600. The monoisotopic (exact) mass is 311 g/mol. The summed E-state index contributed by atoms with van der Waals surface area (Å²) >= 11 is 0. The van der Waals surface area contributed by atoms with Gasteiger partial charge in [-0.05, 0) is 38.2 Å². The van der Waals surface area contributed by atoms with E-state index < -0.39 is 10.0 Å². The number of hydrogen-bond donors (Lipinski definition) is 1. The summed E-state index contributed by atoms with van der Waals surface area (Å²) in [5.41, 5.74) is 1.10. The third-order valence-corrected chi connectivity index (χ3v) is 6.07. The van der Waals surface area contributed by atoms with Gasteiger partial charge in [-0.1, -0.05) is 6.92 Å². The summed E-state index contributed by atoms with van der Waals surface area (Å²) in [6.07, 6.45) is 7.48. The second-order valence-corrected chi connectivity index (χ2v) is 8.33. The van der Waals surface area contributed by atoms with Gasteiger partial charge in [-0.15, -0.1) is 0 Å². The zero-order valence-electron chi connectivity index (χ0n) is 12.9. The summed E-state index contributed by atoms with van der Waals surface area (Å²) in [7, 11) is -1.68. The van der Waals surface area contributed by atoms with Crippen LogP contribution >= 0.6 is 0 Å². The Balaban J connectivity index is 1.82. The second kappa shape index (κ2) is 5.74. The lowest BCUT2D eigenvalue weighted by Crippen LogP contribution is -2.27. The summed E-state index contributed by atoms with van der Waals surface area (Å²) in [5, 5.41) is 3.49. The van der Waals surface area contributed by atoms with Crippen LogP contribution in [0.4, 0.5) is 0 Å². The summed E-state index contributed by atoms with van der Waals surface area (Å²) in [6, 6.07) is 2.99. The molecule has 1 aromatic rings. The molecule has 118 valence electrons. The van der Waals surface area contributed by atoms with E-state index in [-0.39, 0.29) is 0 Å². The van der Waals surface area contributed by atoms with Crippen LogP contribution in [0, 0.1) is 0 Å². The third kappa shape index (κ3) is 3.33. The Hall–Kier alpha value is -0.850. The van der Waals surface area contributed by atoms with Crippen LogP contribution in [0.3, 0.4) is 0 Å². The quantitative estimate of drug-likeness (QED) is 0.800. The maximum Gasteiger partial charge on any atom is 0.244 e. The third-order valence-electron chi connectivity index (χ3n) is 4.24. The van der Waals surface area contributed by atoms with Gasteiger partial charge in [-0.25, -0.2) is 12.7 Å². The smallest absolute Gasteiger partial charge is 0.244 e. The molecule has 1 N–H and O–H groups in total. The van der Waals surface area contributed by atoms with E-state index >= 15 is 0 Å². The van der Waals surface area contributed by atoms with Crippen molar-refractivity contribution < 1.29 is 8.42 Å². The lowest BCUT2D eigenvalue weighted by molar-refractivity contribution is 0.468. The molecule has 2 fully saturated rings. The molecule has 0 spiro atoms. The SMILES string of the molecule is CCCN(C)S(=O)(=O)c1cc(CNC2CC2)n(C2CC2)c1. The number of nitrogens with zero attached hydrogens (tertiary/aromatic N) is 2. The first kappa shape index (κ1) is 15.1.